The summed E-state index contributed by atoms with van der Waals surface area (Å²) in [7, 11) is 0. The fourth-order valence-electron chi connectivity index (χ4n) is 1.77. The molecule has 0 aliphatic carbocycles. The van der Waals surface area contributed by atoms with E-state index in [1.54, 1.807) is 0 Å². The van der Waals surface area contributed by atoms with Gasteiger partial charge >= 0.3 is 0 Å². The molecule has 0 bridgehead atoms. The highest BCUT2D eigenvalue weighted by molar-refractivity contribution is 9.09. The van der Waals surface area contributed by atoms with Crippen molar-refractivity contribution in [1.29, 1.82) is 0 Å². The van der Waals surface area contributed by atoms with Gasteiger partial charge in [0.2, 0.25) is 0 Å². The predicted molar refractivity (Wildman–Crippen MR) is 63.6 cm³/mol. The summed E-state index contributed by atoms with van der Waals surface area (Å²) in [4.78, 5) is 2.59. The van der Waals surface area contributed by atoms with Crippen LogP contribution in [0.4, 0.5) is 0 Å². The van der Waals surface area contributed by atoms with Crippen LogP contribution in [0.1, 0.15) is 26.2 Å². The van der Waals surface area contributed by atoms with Gasteiger partial charge in [-0.2, -0.15) is 0 Å². The predicted octanol–water partition coefficient (Wildman–Crippen LogP) is 3.08. The highest BCUT2D eigenvalue weighted by atomic mass is 79.9. The van der Waals surface area contributed by atoms with Gasteiger partial charge in [0, 0.05) is 11.9 Å². The van der Waals surface area contributed by atoms with Gasteiger partial charge < -0.3 is 4.90 Å². The van der Waals surface area contributed by atoms with E-state index in [0.717, 1.165) is 11.2 Å². The molecule has 1 atom stereocenters. The van der Waals surface area contributed by atoms with Crippen molar-refractivity contribution in [2.45, 2.75) is 26.2 Å². The van der Waals surface area contributed by atoms with Crippen LogP contribution in [0, 0.1) is 5.92 Å². The quantitative estimate of drug-likeness (QED) is 0.724. The van der Waals surface area contributed by atoms with E-state index in [2.05, 4.69) is 27.8 Å². The minimum absolute atomic E-state index is 0. The van der Waals surface area contributed by atoms with Crippen molar-refractivity contribution < 1.29 is 0 Å². The monoisotopic (exact) mass is 299 g/mol. The Kier molecular flexibility index (Phi) is 7.90. The van der Waals surface area contributed by atoms with Gasteiger partial charge in [0.15, 0.2) is 0 Å². The number of hydrogen-bond acceptors (Lipinski definition) is 1. The number of likely N-dealkylation sites (tertiary alicyclic amines) is 1. The molecule has 0 saturated carbocycles. The first-order chi connectivity index (χ1) is 5.33. The first-order valence-electron chi connectivity index (χ1n) is 4.61. The summed E-state index contributed by atoms with van der Waals surface area (Å²) in [6.07, 6.45) is 4.14. The molecule has 1 heterocycles. The molecule has 3 heteroatoms. The molecular formula is C9H19Br2N. The highest BCUT2D eigenvalue weighted by Gasteiger charge is 2.14. The summed E-state index contributed by atoms with van der Waals surface area (Å²) in [6.45, 7) is 6.31. The van der Waals surface area contributed by atoms with Crippen LogP contribution in [0.5, 0.6) is 0 Å². The van der Waals surface area contributed by atoms with E-state index in [9.17, 15) is 0 Å². The zero-order valence-corrected chi connectivity index (χ0v) is 11.1. The normalized spacial score (nSPS) is 25.0. The summed E-state index contributed by atoms with van der Waals surface area (Å²) in [6, 6.07) is 0. The third kappa shape index (κ3) is 4.83. The molecule has 0 N–H and O–H groups in total. The molecule has 0 aromatic carbocycles. The number of hydrogen-bond donors (Lipinski definition) is 0. The fourth-order valence-corrected chi connectivity index (χ4v) is 2.02. The van der Waals surface area contributed by atoms with E-state index >= 15 is 0 Å². The van der Waals surface area contributed by atoms with Crippen LogP contribution in [0.15, 0.2) is 0 Å². The first kappa shape index (κ1) is 12.9. The lowest BCUT2D eigenvalue weighted by Crippen LogP contribution is -2.35. The smallest absolute Gasteiger partial charge is 0.00434 e. The maximum Gasteiger partial charge on any atom is 0.00434 e. The molecule has 1 aliphatic rings. The van der Waals surface area contributed by atoms with Crippen molar-refractivity contribution in [1.82, 2.24) is 4.90 Å². The number of halogens is 2. The first-order valence-corrected chi connectivity index (χ1v) is 5.73. The Morgan fingerprint density at radius 1 is 1.50 bits per heavy atom. The highest BCUT2D eigenvalue weighted by Crippen LogP contribution is 2.15. The van der Waals surface area contributed by atoms with Gasteiger partial charge in [0.1, 0.15) is 0 Å². The maximum absolute atomic E-state index is 3.46. The van der Waals surface area contributed by atoms with E-state index in [1.165, 1.54) is 38.9 Å². The van der Waals surface area contributed by atoms with Gasteiger partial charge in [0.25, 0.3) is 0 Å². The second kappa shape index (κ2) is 7.34. The van der Waals surface area contributed by atoms with Crippen LogP contribution in [-0.4, -0.2) is 29.9 Å². The maximum atomic E-state index is 3.46. The lowest BCUT2D eigenvalue weighted by molar-refractivity contribution is 0.185. The SMILES string of the molecule is Br.C[C@H]1CCCN(CCCBr)C1. The van der Waals surface area contributed by atoms with Crippen molar-refractivity contribution >= 4 is 32.9 Å². The third-order valence-electron chi connectivity index (χ3n) is 2.35. The zero-order valence-electron chi connectivity index (χ0n) is 7.76. The Balaban J connectivity index is 0.00000121. The van der Waals surface area contributed by atoms with Crippen molar-refractivity contribution in [3.05, 3.63) is 0 Å². The number of piperidine rings is 1. The summed E-state index contributed by atoms with van der Waals surface area (Å²) >= 11 is 3.46. The molecule has 0 unspecified atom stereocenters. The number of alkyl halides is 1. The number of nitrogens with zero attached hydrogens (tertiary/aromatic N) is 1. The van der Waals surface area contributed by atoms with E-state index < -0.39 is 0 Å². The average Bonchev–Trinajstić information content (AvgIpc) is 2.01. The molecule has 0 radical (unpaired) electrons. The average molecular weight is 301 g/mol. The van der Waals surface area contributed by atoms with Crippen LogP contribution < -0.4 is 0 Å². The molecule has 1 saturated heterocycles. The van der Waals surface area contributed by atoms with Crippen molar-refractivity contribution in [3.8, 4) is 0 Å². The molecule has 0 spiro atoms. The molecule has 12 heavy (non-hydrogen) atoms. The van der Waals surface area contributed by atoms with Crippen molar-refractivity contribution in [3.63, 3.8) is 0 Å². The Morgan fingerprint density at radius 2 is 2.25 bits per heavy atom. The van der Waals surface area contributed by atoms with Crippen LogP contribution in [0.25, 0.3) is 0 Å². The van der Waals surface area contributed by atoms with Gasteiger partial charge in [-0.3, -0.25) is 0 Å². The lowest BCUT2D eigenvalue weighted by atomic mass is 10.0. The van der Waals surface area contributed by atoms with Crippen molar-refractivity contribution in [2.75, 3.05) is 25.0 Å². The van der Waals surface area contributed by atoms with E-state index in [1.807, 2.05) is 0 Å². The van der Waals surface area contributed by atoms with Gasteiger partial charge in [-0.05, 0) is 38.3 Å². The zero-order chi connectivity index (χ0) is 8.10. The molecule has 74 valence electrons. The largest absolute Gasteiger partial charge is 0.303 e. The Labute approximate surface area is 94.8 Å². The minimum atomic E-state index is 0. The van der Waals surface area contributed by atoms with E-state index in [-0.39, 0.29) is 17.0 Å². The summed E-state index contributed by atoms with van der Waals surface area (Å²) in [5.74, 6) is 0.930. The fraction of sp³-hybridized carbons (Fsp3) is 1.00. The van der Waals surface area contributed by atoms with Crippen molar-refractivity contribution in [2.24, 2.45) is 5.92 Å². The van der Waals surface area contributed by atoms with E-state index in [4.69, 9.17) is 0 Å². The second-order valence-corrected chi connectivity index (χ2v) is 4.38. The number of rotatable bonds is 3. The van der Waals surface area contributed by atoms with Crippen LogP contribution in [0.2, 0.25) is 0 Å². The molecule has 1 nitrogen and oxygen atoms in total. The summed E-state index contributed by atoms with van der Waals surface area (Å²) < 4.78 is 0. The van der Waals surface area contributed by atoms with Gasteiger partial charge in [-0.25, -0.2) is 0 Å². The third-order valence-corrected chi connectivity index (χ3v) is 2.91. The summed E-state index contributed by atoms with van der Waals surface area (Å²) in [5.41, 5.74) is 0. The molecule has 0 amide bonds. The molecule has 0 aromatic heterocycles. The lowest BCUT2D eigenvalue weighted by Gasteiger charge is -2.30. The van der Waals surface area contributed by atoms with E-state index in [0.29, 0.717) is 0 Å². The molecule has 1 rings (SSSR count). The molecular weight excluding hydrogens is 282 g/mol. The van der Waals surface area contributed by atoms with Crippen LogP contribution in [0.3, 0.4) is 0 Å². The van der Waals surface area contributed by atoms with Crippen LogP contribution >= 0.6 is 32.9 Å². The van der Waals surface area contributed by atoms with Gasteiger partial charge in [-0.15, -0.1) is 17.0 Å². The summed E-state index contributed by atoms with van der Waals surface area (Å²) in [5, 5.41) is 1.15. The molecule has 0 aromatic rings. The Morgan fingerprint density at radius 3 is 2.83 bits per heavy atom. The van der Waals surface area contributed by atoms with Gasteiger partial charge in [-0.1, -0.05) is 22.9 Å². The Bertz CT molecular complexity index is 109. The second-order valence-electron chi connectivity index (χ2n) is 3.59. The van der Waals surface area contributed by atoms with Gasteiger partial charge in [0.05, 0.1) is 0 Å². The Hall–Kier alpha value is 0.920. The standard InChI is InChI=1S/C9H18BrN.BrH/c1-9-4-2-6-11(8-9)7-3-5-10;/h9H,2-8H2,1H3;1H/t9-;/m0./s1. The minimum Gasteiger partial charge on any atom is -0.303 e. The topological polar surface area (TPSA) is 3.24 Å². The van der Waals surface area contributed by atoms with Crippen LogP contribution in [-0.2, 0) is 0 Å². The molecule has 1 aliphatic heterocycles. The molecule has 1 fully saturated rings.